The van der Waals surface area contributed by atoms with E-state index in [1.54, 1.807) is 18.5 Å². The molecule has 2 aliphatic rings. The first kappa shape index (κ1) is 7.70. The van der Waals surface area contributed by atoms with Crippen molar-refractivity contribution in [2.24, 2.45) is 4.99 Å². The first-order chi connectivity index (χ1) is 6.86. The lowest BCUT2D eigenvalue weighted by Crippen LogP contribution is -2.09. The summed E-state index contributed by atoms with van der Waals surface area (Å²) in [6, 6.07) is 4.88. The molecule has 0 bridgehead atoms. The highest BCUT2D eigenvalue weighted by molar-refractivity contribution is 5.86. The van der Waals surface area contributed by atoms with Gasteiger partial charge >= 0.3 is 0 Å². The van der Waals surface area contributed by atoms with Crippen LogP contribution in [0.3, 0.4) is 0 Å². The molecule has 2 aliphatic heterocycles. The Balaban J connectivity index is 2.23. The summed E-state index contributed by atoms with van der Waals surface area (Å²) in [6.07, 6.45) is 3.12. The largest absolute Gasteiger partial charge is 0.273 e. The smallest absolute Gasteiger partial charge is 0.149 e. The van der Waals surface area contributed by atoms with Gasteiger partial charge in [0.05, 0.1) is 0 Å². The van der Waals surface area contributed by atoms with Gasteiger partial charge in [-0.05, 0) is 6.07 Å². The zero-order valence-corrected chi connectivity index (χ0v) is 7.20. The monoisotopic (exact) mass is 190 g/mol. The second-order valence-corrected chi connectivity index (χ2v) is 3.20. The van der Waals surface area contributed by atoms with Gasteiger partial charge in [0.1, 0.15) is 17.6 Å². The molecule has 4 heteroatoms. The predicted octanol–water partition coefficient (Wildman–Crippen LogP) is 2.00. The maximum Gasteiger partial charge on any atom is 0.149 e. The van der Waals surface area contributed by atoms with Crippen LogP contribution in [0, 0.1) is 5.82 Å². The molecule has 0 aliphatic carbocycles. The van der Waals surface area contributed by atoms with E-state index in [0.717, 1.165) is 11.1 Å². The molecule has 1 N–H and O–H groups in total. The summed E-state index contributed by atoms with van der Waals surface area (Å²) >= 11 is 0. The number of nitrogens with one attached hydrogen (secondary N) is 1. The Morgan fingerprint density at radius 2 is 2.36 bits per heavy atom. The fraction of sp³-hybridized carbons (Fsp3) is 0.100. The van der Waals surface area contributed by atoms with Gasteiger partial charge in [-0.25, -0.2) is 4.39 Å². The second-order valence-electron chi connectivity index (χ2n) is 3.20. The number of hydroxylamine groups is 1. The first-order valence-corrected chi connectivity index (χ1v) is 4.30. The molecule has 0 saturated carbocycles. The van der Waals surface area contributed by atoms with Crippen LogP contribution >= 0.6 is 0 Å². The van der Waals surface area contributed by atoms with E-state index in [4.69, 9.17) is 4.84 Å². The van der Waals surface area contributed by atoms with Crippen LogP contribution in [0.15, 0.2) is 35.0 Å². The third-order valence-corrected chi connectivity index (χ3v) is 2.36. The molecule has 0 radical (unpaired) electrons. The van der Waals surface area contributed by atoms with Crippen LogP contribution in [-0.4, -0.2) is 6.21 Å². The van der Waals surface area contributed by atoms with Crippen LogP contribution in [0.4, 0.5) is 10.1 Å². The van der Waals surface area contributed by atoms with E-state index in [2.05, 4.69) is 10.5 Å². The molecule has 2 heterocycles. The molecular formula is C10H7FN2O. The van der Waals surface area contributed by atoms with Crippen molar-refractivity contribution in [1.29, 1.82) is 0 Å². The Morgan fingerprint density at radius 1 is 1.43 bits per heavy atom. The quantitative estimate of drug-likeness (QED) is 0.678. The molecule has 1 aromatic carbocycles. The van der Waals surface area contributed by atoms with Crippen molar-refractivity contribution in [2.75, 3.05) is 0 Å². The molecule has 0 fully saturated rings. The molecule has 3 nitrogen and oxygen atoms in total. The lowest BCUT2D eigenvalue weighted by Gasteiger charge is -2.17. The number of fused-ring (bicyclic) bond motifs is 3. The fourth-order valence-corrected chi connectivity index (χ4v) is 1.68. The standard InChI is InChI=1S/C10H7FN2O/c11-8-3-1-2-7-9(8)12-4-6-5-13-14-10(6)7/h1-5,10,13H. The van der Waals surface area contributed by atoms with Crippen LogP contribution in [-0.2, 0) is 4.84 Å². The third-order valence-electron chi connectivity index (χ3n) is 2.36. The van der Waals surface area contributed by atoms with Gasteiger partial charge in [0.25, 0.3) is 0 Å². The van der Waals surface area contributed by atoms with Crippen molar-refractivity contribution in [2.45, 2.75) is 6.10 Å². The van der Waals surface area contributed by atoms with Crippen molar-refractivity contribution in [3.05, 3.63) is 41.4 Å². The van der Waals surface area contributed by atoms with E-state index in [9.17, 15) is 4.39 Å². The molecule has 3 rings (SSSR count). The van der Waals surface area contributed by atoms with E-state index < -0.39 is 0 Å². The zero-order valence-electron chi connectivity index (χ0n) is 7.20. The van der Waals surface area contributed by atoms with E-state index >= 15 is 0 Å². The number of benzene rings is 1. The number of hydrogen-bond donors (Lipinski definition) is 1. The molecule has 1 unspecified atom stereocenters. The van der Waals surface area contributed by atoms with Crippen molar-refractivity contribution in [3.63, 3.8) is 0 Å². The Kier molecular flexibility index (Phi) is 1.46. The molecule has 1 aromatic rings. The number of rotatable bonds is 0. The van der Waals surface area contributed by atoms with Crippen LogP contribution in [0.2, 0.25) is 0 Å². The maximum atomic E-state index is 13.3. The number of halogens is 1. The Hall–Kier alpha value is -1.68. The predicted molar refractivity (Wildman–Crippen MR) is 49.6 cm³/mol. The van der Waals surface area contributed by atoms with E-state index in [-0.39, 0.29) is 11.9 Å². The molecule has 0 spiro atoms. The summed E-state index contributed by atoms with van der Waals surface area (Å²) in [6.45, 7) is 0. The van der Waals surface area contributed by atoms with Gasteiger partial charge in [0.2, 0.25) is 0 Å². The molecule has 1 atom stereocenters. The van der Waals surface area contributed by atoms with Gasteiger partial charge in [-0.15, -0.1) is 0 Å². The molecule has 70 valence electrons. The summed E-state index contributed by atoms with van der Waals surface area (Å²) in [7, 11) is 0. The summed E-state index contributed by atoms with van der Waals surface area (Å²) < 4.78 is 13.3. The van der Waals surface area contributed by atoms with Crippen molar-refractivity contribution in [3.8, 4) is 0 Å². The normalized spacial score (nSPS) is 22.4. The number of hydrogen-bond acceptors (Lipinski definition) is 3. The van der Waals surface area contributed by atoms with Crippen LogP contribution < -0.4 is 5.48 Å². The molecule has 0 saturated heterocycles. The molecule has 0 amide bonds. The SMILES string of the molecule is Fc1cccc2c1N=CC1=CNOC12. The fourth-order valence-electron chi connectivity index (χ4n) is 1.68. The minimum Gasteiger partial charge on any atom is -0.273 e. The maximum absolute atomic E-state index is 13.3. The Morgan fingerprint density at radius 3 is 3.29 bits per heavy atom. The molecule has 0 aromatic heterocycles. The lowest BCUT2D eigenvalue weighted by molar-refractivity contribution is 0.0447. The average molecular weight is 190 g/mol. The van der Waals surface area contributed by atoms with Crippen LogP contribution in [0.5, 0.6) is 0 Å². The van der Waals surface area contributed by atoms with Gasteiger partial charge < -0.3 is 0 Å². The van der Waals surface area contributed by atoms with Gasteiger partial charge in [-0.2, -0.15) is 0 Å². The van der Waals surface area contributed by atoms with Gasteiger partial charge in [0.15, 0.2) is 0 Å². The van der Waals surface area contributed by atoms with E-state index in [1.807, 2.05) is 6.07 Å². The number of aliphatic imine (C=N–C) groups is 1. The van der Waals surface area contributed by atoms with Gasteiger partial charge in [-0.1, -0.05) is 12.1 Å². The highest BCUT2D eigenvalue weighted by Crippen LogP contribution is 2.38. The van der Waals surface area contributed by atoms with Crippen molar-refractivity contribution in [1.82, 2.24) is 5.48 Å². The van der Waals surface area contributed by atoms with E-state index in [1.165, 1.54) is 6.07 Å². The highest BCUT2D eigenvalue weighted by Gasteiger charge is 2.28. The van der Waals surface area contributed by atoms with Gasteiger partial charge in [-0.3, -0.25) is 15.3 Å². The molecule has 14 heavy (non-hydrogen) atoms. The summed E-state index contributed by atoms with van der Waals surface area (Å²) in [5, 5.41) is 0. The van der Waals surface area contributed by atoms with Crippen molar-refractivity contribution < 1.29 is 9.23 Å². The second kappa shape index (κ2) is 2.65. The highest BCUT2D eigenvalue weighted by atomic mass is 19.1. The summed E-state index contributed by atoms with van der Waals surface area (Å²) in [4.78, 5) is 9.28. The minimum absolute atomic E-state index is 0.224. The Labute approximate surface area is 79.9 Å². The van der Waals surface area contributed by atoms with Crippen molar-refractivity contribution >= 4 is 11.9 Å². The third kappa shape index (κ3) is 0.914. The van der Waals surface area contributed by atoms with Crippen LogP contribution in [0.1, 0.15) is 11.7 Å². The number of para-hydroxylation sites is 1. The topological polar surface area (TPSA) is 33.6 Å². The Bertz CT molecular complexity index is 453. The van der Waals surface area contributed by atoms with Crippen LogP contribution in [0.25, 0.3) is 0 Å². The lowest BCUT2D eigenvalue weighted by atomic mass is 9.99. The average Bonchev–Trinajstić information content (AvgIpc) is 2.66. The van der Waals surface area contributed by atoms with E-state index in [0.29, 0.717) is 5.69 Å². The first-order valence-electron chi connectivity index (χ1n) is 4.30. The summed E-state index contributed by atoms with van der Waals surface area (Å²) in [5.41, 5.74) is 4.71. The molecular weight excluding hydrogens is 183 g/mol. The zero-order chi connectivity index (χ0) is 9.54. The summed E-state index contributed by atoms with van der Waals surface area (Å²) in [5.74, 6) is -0.312. The minimum atomic E-state index is -0.312. The number of nitrogens with zero attached hydrogens (tertiary/aromatic N) is 1. The van der Waals surface area contributed by atoms with Gasteiger partial charge in [0, 0.05) is 23.6 Å².